The van der Waals surface area contributed by atoms with E-state index in [1.54, 1.807) is 0 Å². The van der Waals surface area contributed by atoms with Gasteiger partial charge in [-0.15, -0.1) is 0 Å². The first-order valence-corrected chi connectivity index (χ1v) is 5.39. The van der Waals surface area contributed by atoms with Crippen LogP contribution in [-0.4, -0.2) is 16.3 Å². The maximum atomic E-state index is 12.2. The predicted molar refractivity (Wildman–Crippen MR) is 48.7 cm³/mol. The van der Waals surface area contributed by atoms with E-state index < -0.39 is 0 Å². The Bertz CT molecular complexity index is 97.8. The van der Waals surface area contributed by atoms with Crippen LogP contribution in [0.1, 0.15) is 19.3 Å². The minimum absolute atomic E-state index is 0.162. The second-order valence-corrected chi connectivity index (χ2v) is 5.51. The van der Waals surface area contributed by atoms with Crippen molar-refractivity contribution in [1.82, 2.24) is 0 Å². The second-order valence-electron chi connectivity index (χ2n) is 2.92. The Balaban J connectivity index is 2.35. The van der Waals surface area contributed by atoms with E-state index in [-0.39, 0.29) is 12.6 Å². The van der Waals surface area contributed by atoms with Crippen LogP contribution in [0.25, 0.3) is 0 Å². The van der Waals surface area contributed by atoms with Gasteiger partial charge in [-0.05, 0) is 25.2 Å². The molecular formula is C7H11Br2F. The first kappa shape index (κ1) is 8.98. The Morgan fingerprint density at radius 1 is 1.10 bits per heavy atom. The van der Waals surface area contributed by atoms with E-state index in [0.717, 1.165) is 19.3 Å². The minimum atomic E-state index is -0.162. The molecule has 10 heavy (non-hydrogen) atoms. The Kier molecular flexibility index (Phi) is 3.64. The van der Waals surface area contributed by atoms with Gasteiger partial charge in [0.05, 0.1) is 6.67 Å². The number of halogens is 3. The van der Waals surface area contributed by atoms with Crippen LogP contribution in [0.4, 0.5) is 4.39 Å². The highest BCUT2D eigenvalue weighted by atomic mass is 79.9. The molecule has 1 rings (SSSR count). The van der Waals surface area contributed by atoms with Crippen LogP contribution >= 0.6 is 31.9 Å². The lowest BCUT2D eigenvalue weighted by molar-refractivity contribution is 0.294. The molecule has 0 bridgehead atoms. The zero-order valence-electron chi connectivity index (χ0n) is 5.69. The van der Waals surface area contributed by atoms with E-state index in [0.29, 0.717) is 9.65 Å². The number of rotatable bonds is 1. The third-order valence-corrected chi connectivity index (χ3v) is 3.40. The van der Waals surface area contributed by atoms with Crippen molar-refractivity contribution in [3.8, 4) is 0 Å². The van der Waals surface area contributed by atoms with Crippen molar-refractivity contribution >= 4 is 31.9 Å². The Morgan fingerprint density at radius 3 is 2.00 bits per heavy atom. The van der Waals surface area contributed by atoms with E-state index in [1.807, 2.05) is 0 Å². The highest BCUT2D eigenvalue weighted by Crippen LogP contribution is 2.33. The van der Waals surface area contributed by atoms with Crippen LogP contribution in [0.5, 0.6) is 0 Å². The first-order chi connectivity index (χ1) is 4.72. The third-order valence-electron chi connectivity index (χ3n) is 1.91. The molecule has 0 amide bonds. The molecule has 1 aliphatic rings. The molecule has 0 aromatic carbocycles. The summed E-state index contributed by atoms with van der Waals surface area (Å²) in [5, 5.41) is 0. The summed E-state index contributed by atoms with van der Waals surface area (Å²) in [6.45, 7) is -0.162. The molecule has 0 nitrogen and oxygen atoms in total. The smallest absolute Gasteiger partial charge is 0.0923 e. The molecule has 0 aromatic heterocycles. The highest BCUT2D eigenvalue weighted by Gasteiger charge is 2.25. The molecule has 1 saturated carbocycles. The maximum absolute atomic E-state index is 12.2. The van der Waals surface area contributed by atoms with Gasteiger partial charge in [0.2, 0.25) is 0 Å². The van der Waals surface area contributed by atoms with E-state index in [1.165, 1.54) is 0 Å². The number of hydrogen-bond acceptors (Lipinski definition) is 0. The molecule has 0 N–H and O–H groups in total. The van der Waals surface area contributed by atoms with Gasteiger partial charge in [0.15, 0.2) is 0 Å². The summed E-state index contributed by atoms with van der Waals surface area (Å²) in [5.74, 6) is 0.280. The quantitative estimate of drug-likeness (QED) is 0.644. The van der Waals surface area contributed by atoms with Gasteiger partial charge in [0.1, 0.15) is 0 Å². The monoisotopic (exact) mass is 272 g/mol. The molecule has 2 unspecified atom stereocenters. The SMILES string of the molecule is FCC1CC(Br)CC(Br)C1. The molecule has 0 aliphatic heterocycles. The summed E-state index contributed by atoms with van der Waals surface area (Å²) in [7, 11) is 0. The van der Waals surface area contributed by atoms with Crippen molar-refractivity contribution in [2.24, 2.45) is 5.92 Å². The molecule has 0 saturated heterocycles. The normalized spacial score (nSPS) is 41.7. The fraction of sp³-hybridized carbons (Fsp3) is 1.00. The van der Waals surface area contributed by atoms with Crippen LogP contribution < -0.4 is 0 Å². The van der Waals surface area contributed by atoms with Crippen molar-refractivity contribution in [3.63, 3.8) is 0 Å². The molecule has 0 heterocycles. The van der Waals surface area contributed by atoms with Crippen LogP contribution in [0.15, 0.2) is 0 Å². The maximum Gasteiger partial charge on any atom is 0.0923 e. The summed E-state index contributed by atoms with van der Waals surface area (Å²) < 4.78 is 12.2. The van der Waals surface area contributed by atoms with E-state index in [9.17, 15) is 4.39 Å². The Hall–Kier alpha value is 0.890. The van der Waals surface area contributed by atoms with Gasteiger partial charge < -0.3 is 0 Å². The first-order valence-electron chi connectivity index (χ1n) is 3.56. The Morgan fingerprint density at radius 2 is 1.60 bits per heavy atom. The lowest BCUT2D eigenvalue weighted by atomic mass is 9.90. The van der Waals surface area contributed by atoms with Crippen molar-refractivity contribution in [3.05, 3.63) is 0 Å². The number of hydrogen-bond donors (Lipinski definition) is 0. The summed E-state index contributed by atoms with van der Waals surface area (Å²) in [6, 6.07) is 0. The fourth-order valence-corrected chi connectivity index (χ4v) is 3.88. The highest BCUT2D eigenvalue weighted by molar-refractivity contribution is 9.10. The van der Waals surface area contributed by atoms with Gasteiger partial charge in [0.25, 0.3) is 0 Å². The van der Waals surface area contributed by atoms with E-state index in [4.69, 9.17) is 0 Å². The summed E-state index contributed by atoms with van der Waals surface area (Å²) in [4.78, 5) is 1.04. The summed E-state index contributed by atoms with van der Waals surface area (Å²) in [6.07, 6.45) is 3.13. The molecule has 3 heteroatoms. The van der Waals surface area contributed by atoms with Crippen LogP contribution in [0.2, 0.25) is 0 Å². The number of alkyl halides is 3. The van der Waals surface area contributed by atoms with Gasteiger partial charge >= 0.3 is 0 Å². The van der Waals surface area contributed by atoms with Crippen molar-refractivity contribution in [2.75, 3.05) is 6.67 Å². The lowest BCUT2D eigenvalue weighted by Crippen LogP contribution is -2.23. The average molecular weight is 274 g/mol. The molecule has 0 radical (unpaired) electrons. The van der Waals surface area contributed by atoms with Crippen LogP contribution in [0.3, 0.4) is 0 Å². The van der Waals surface area contributed by atoms with Gasteiger partial charge in [-0.25, -0.2) is 0 Å². The Labute approximate surface area is 77.8 Å². The summed E-state index contributed by atoms with van der Waals surface area (Å²) >= 11 is 7.03. The predicted octanol–water partition coefficient (Wildman–Crippen LogP) is 3.28. The van der Waals surface area contributed by atoms with Crippen molar-refractivity contribution in [2.45, 2.75) is 28.9 Å². The molecule has 1 aliphatic carbocycles. The van der Waals surface area contributed by atoms with Gasteiger partial charge in [-0.3, -0.25) is 4.39 Å². The second kappa shape index (κ2) is 4.05. The van der Waals surface area contributed by atoms with Crippen LogP contribution in [0, 0.1) is 5.92 Å². The molecule has 60 valence electrons. The molecular weight excluding hydrogens is 263 g/mol. The zero-order chi connectivity index (χ0) is 7.56. The van der Waals surface area contributed by atoms with Gasteiger partial charge in [-0.1, -0.05) is 31.9 Å². The van der Waals surface area contributed by atoms with Crippen molar-refractivity contribution in [1.29, 1.82) is 0 Å². The minimum Gasteiger partial charge on any atom is -0.251 e. The standard InChI is InChI=1S/C7H11Br2F/c8-6-1-5(4-10)2-7(9)3-6/h5-7H,1-4H2. The average Bonchev–Trinajstić information content (AvgIpc) is 1.85. The zero-order valence-corrected chi connectivity index (χ0v) is 8.87. The van der Waals surface area contributed by atoms with Gasteiger partial charge in [0, 0.05) is 9.65 Å². The molecule has 2 atom stereocenters. The summed E-state index contributed by atoms with van der Waals surface area (Å²) in [5.41, 5.74) is 0. The van der Waals surface area contributed by atoms with Gasteiger partial charge in [-0.2, -0.15) is 0 Å². The van der Waals surface area contributed by atoms with Crippen LogP contribution in [-0.2, 0) is 0 Å². The largest absolute Gasteiger partial charge is 0.251 e. The molecule has 0 spiro atoms. The van der Waals surface area contributed by atoms with E-state index in [2.05, 4.69) is 31.9 Å². The van der Waals surface area contributed by atoms with Crippen molar-refractivity contribution < 1.29 is 4.39 Å². The molecule has 0 aromatic rings. The fourth-order valence-electron chi connectivity index (χ4n) is 1.42. The van der Waals surface area contributed by atoms with E-state index >= 15 is 0 Å². The lowest BCUT2D eigenvalue weighted by Gasteiger charge is -2.27. The molecule has 1 fully saturated rings. The third kappa shape index (κ3) is 2.50. The topological polar surface area (TPSA) is 0 Å².